The van der Waals surface area contributed by atoms with E-state index in [0.717, 1.165) is 0 Å². The summed E-state index contributed by atoms with van der Waals surface area (Å²) in [5.41, 5.74) is 1.24. The molecular weight excluding hydrogens is 258 g/mol. The van der Waals surface area contributed by atoms with E-state index in [-0.39, 0.29) is 11.3 Å². The Balaban J connectivity index is 2.86. The van der Waals surface area contributed by atoms with Crippen LogP contribution in [0.4, 0.5) is 0 Å². The molecule has 1 aromatic carbocycles. The van der Waals surface area contributed by atoms with Crippen molar-refractivity contribution in [2.75, 3.05) is 7.11 Å². The number of aryl methyl sites for hydroxylation is 1. The molecule has 0 bridgehead atoms. The summed E-state index contributed by atoms with van der Waals surface area (Å²) < 4.78 is 4.63. The number of aromatic carboxylic acids is 1. The first-order valence-corrected chi connectivity index (χ1v) is 5.47. The van der Waals surface area contributed by atoms with Crippen LogP contribution in [0.25, 0.3) is 10.9 Å². The van der Waals surface area contributed by atoms with Crippen LogP contribution in [-0.4, -0.2) is 29.1 Å². The van der Waals surface area contributed by atoms with Gasteiger partial charge in [-0.2, -0.15) is 0 Å². The van der Waals surface area contributed by atoms with Crippen LogP contribution in [0.1, 0.15) is 26.4 Å². The lowest BCUT2D eigenvalue weighted by molar-refractivity contribution is 0.0593. The van der Waals surface area contributed by atoms with Gasteiger partial charge in [0.05, 0.1) is 23.2 Å². The lowest BCUT2D eigenvalue weighted by Gasteiger charge is -2.00. The molecule has 2 aromatic rings. The van der Waals surface area contributed by atoms with Crippen molar-refractivity contribution in [3.05, 3.63) is 34.0 Å². The molecule has 0 aliphatic heterocycles. The average molecular weight is 268 g/mol. The summed E-state index contributed by atoms with van der Waals surface area (Å²) in [6, 6.07) is 2.89. The molecule has 94 valence electrons. The zero-order valence-electron chi connectivity index (χ0n) is 9.70. The first kappa shape index (κ1) is 12.4. The quantitative estimate of drug-likeness (QED) is 0.820. The number of hydrogen-bond acceptors (Lipinski definition) is 3. The molecule has 2 N–H and O–H groups in total. The molecule has 0 aliphatic rings. The Hall–Kier alpha value is -2.01. The first-order valence-electron chi connectivity index (χ1n) is 5.09. The van der Waals surface area contributed by atoms with Gasteiger partial charge >= 0.3 is 11.9 Å². The number of benzene rings is 1. The molecule has 6 heteroatoms. The highest BCUT2D eigenvalue weighted by atomic mass is 35.5. The number of rotatable bonds is 2. The average Bonchev–Trinajstić information content (AvgIpc) is 2.68. The molecule has 0 aliphatic carbocycles. The maximum Gasteiger partial charge on any atom is 0.354 e. The second kappa shape index (κ2) is 4.34. The highest BCUT2D eigenvalue weighted by molar-refractivity contribution is 6.36. The van der Waals surface area contributed by atoms with E-state index in [1.165, 1.54) is 19.2 Å². The Morgan fingerprint density at radius 1 is 1.39 bits per heavy atom. The smallest absolute Gasteiger partial charge is 0.354 e. The van der Waals surface area contributed by atoms with Gasteiger partial charge in [-0.25, -0.2) is 9.59 Å². The first-order chi connectivity index (χ1) is 8.47. The van der Waals surface area contributed by atoms with Gasteiger partial charge in [-0.05, 0) is 24.6 Å². The zero-order valence-corrected chi connectivity index (χ0v) is 10.5. The topological polar surface area (TPSA) is 79.4 Å². The number of halogens is 1. The Labute approximate surface area is 107 Å². The Morgan fingerprint density at radius 2 is 2.06 bits per heavy atom. The third-order valence-corrected chi connectivity index (χ3v) is 3.09. The minimum atomic E-state index is -1.07. The number of carbonyl (C=O) groups is 2. The maximum absolute atomic E-state index is 11.6. The van der Waals surface area contributed by atoms with E-state index in [1.54, 1.807) is 6.92 Å². The second-order valence-corrected chi connectivity index (χ2v) is 4.17. The standard InChI is InChI=1S/C12H10ClNO4/c1-5-8-6(11(15)16)3-4-7(13)10(8)14-9(5)12(17)18-2/h3-4,14H,1-2H3,(H,15,16). The van der Waals surface area contributed by atoms with Gasteiger partial charge in [-0.1, -0.05) is 11.6 Å². The van der Waals surface area contributed by atoms with Crippen molar-refractivity contribution in [2.24, 2.45) is 0 Å². The number of nitrogens with one attached hydrogen (secondary N) is 1. The molecule has 0 spiro atoms. The van der Waals surface area contributed by atoms with Gasteiger partial charge in [-0.3, -0.25) is 0 Å². The van der Waals surface area contributed by atoms with Crippen LogP contribution in [0, 0.1) is 6.92 Å². The number of methoxy groups -OCH3 is 1. The van der Waals surface area contributed by atoms with Crippen molar-refractivity contribution in [3.8, 4) is 0 Å². The van der Waals surface area contributed by atoms with Crippen LogP contribution in [0.2, 0.25) is 5.02 Å². The largest absolute Gasteiger partial charge is 0.478 e. The van der Waals surface area contributed by atoms with Gasteiger partial charge in [0.15, 0.2) is 0 Å². The van der Waals surface area contributed by atoms with E-state index < -0.39 is 11.9 Å². The number of hydrogen-bond donors (Lipinski definition) is 2. The van der Waals surface area contributed by atoms with Crippen LogP contribution < -0.4 is 0 Å². The SMILES string of the molecule is COC(=O)c1[nH]c2c(Cl)ccc(C(=O)O)c2c1C. The molecule has 1 aromatic heterocycles. The molecule has 0 saturated carbocycles. The number of H-pyrrole nitrogens is 1. The monoisotopic (exact) mass is 267 g/mol. The highest BCUT2D eigenvalue weighted by Crippen LogP contribution is 2.31. The Morgan fingerprint density at radius 3 is 2.61 bits per heavy atom. The van der Waals surface area contributed by atoms with Crippen molar-refractivity contribution < 1.29 is 19.4 Å². The van der Waals surface area contributed by atoms with Crippen LogP contribution in [-0.2, 0) is 4.74 Å². The molecule has 18 heavy (non-hydrogen) atoms. The van der Waals surface area contributed by atoms with Gasteiger partial charge < -0.3 is 14.8 Å². The van der Waals surface area contributed by atoms with E-state index in [0.29, 0.717) is 21.5 Å². The minimum Gasteiger partial charge on any atom is -0.478 e. The molecule has 0 unspecified atom stereocenters. The number of ether oxygens (including phenoxy) is 1. The number of aromatic nitrogens is 1. The van der Waals surface area contributed by atoms with E-state index in [1.807, 2.05) is 0 Å². The number of fused-ring (bicyclic) bond motifs is 1. The van der Waals surface area contributed by atoms with E-state index in [4.69, 9.17) is 16.7 Å². The molecule has 1 heterocycles. The van der Waals surface area contributed by atoms with Crippen LogP contribution in [0.15, 0.2) is 12.1 Å². The third kappa shape index (κ3) is 1.73. The molecule has 2 rings (SSSR count). The van der Waals surface area contributed by atoms with Crippen LogP contribution in [0.5, 0.6) is 0 Å². The Bertz CT molecular complexity index is 660. The summed E-state index contributed by atoms with van der Waals surface area (Å²) in [5.74, 6) is -1.63. The summed E-state index contributed by atoms with van der Waals surface area (Å²) in [5, 5.41) is 9.91. The van der Waals surface area contributed by atoms with Gasteiger partial charge in [-0.15, -0.1) is 0 Å². The second-order valence-electron chi connectivity index (χ2n) is 3.77. The van der Waals surface area contributed by atoms with Gasteiger partial charge in [0.1, 0.15) is 5.69 Å². The molecule has 0 radical (unpaired) electrons. The summed E-state index contributed by atoms with van der Waals surface area (Å²) in [6.45, 7) is 1.65. The number of aromatic amines is 1. The predicted molar refractivity (Wildman–Crippen MR) is 66.3 cm³/mol. The van der Waals surface area contributed by atoms with Crippen molar-refractivity contribution in [3.63, 3.8) is 0 Å². The Kier molecular flexibility index (Phi) is 3.00. The molecular formula is C12H10ClNO4. The van der Waals surface area contributed by atoms with E-state index >= 15 is 0 Å². The molecule has 5 nitrogen and oxygen atoms in total. The number of carboxylic acids is 1. The fraction of sp³-hybridized carbons (Fsp3) is 0.167. The summed E-state index contributed by atoms with van der Waals surface area (Å²) in [4.78, 5) is 25.5. The lowest BCUT2D eigenvalue weighted by atomic mass is 10.1. The molecule has 0 atom stereocenters. The maximum atomic E-state index is 11.6. The lowest BCUT2D eigenvalue weighted by Crippen LogP contribution is -2.03. The van der Waals surface area contributed by atoms with Crippen molar-refractivity contribution in [2.45, 2.75) is 6.92 Å². The van der Waals surface area contributed by atoms with Crippen LogP contribution in [0.3, 0.4) is 0 Å². The van der Waals surface area contributed by atoms with Gasteiger partial charge in [0.2, 0.25) is 0 Å². The molecule has 0 amide bonds. The molecule has 0 fully saturated rings. The summed E-state index contributed by atoms with van der Waals surface area (Å²) in [6.07, 6.45) is 0. The summed E-state index contributed by atoms with van der Waals surface area (Å²) >= 11 is 5.99. The number of carboxylic acid groups (broad SMARTS) is 1. The highest BCUT2D eigenvalue weighted by Gasteiger charge is 2.21. The zero-order chi connectivity index (χ0) is 13.4. The third-order valence-electron chi connectivity index (χ3n) is 2.77. The van der Waals surface area contributed by atoms with Crippen molar-refractivity contribution in [1.29, 1.82) is 0 Å². The minimum absolute atomic E-state index is 0.0957. The number of esters is 1. The number of carbonyl (C=O) groups excluding carboxylic acids is 1. The van der Waals surface area contributed by atoms with Gasteiger partial charge in [0, 0.05) is 5.39 Å². The fourth-order valence-electron chi connectivity index (χ4n) is 1.92. The van der Waals surface area contributed by atoms with E-state index in [2.05, 4.69) is 9.72 Å². The normalized spacial score (nSPS) is 10.6. The van der Waals surface area contributed by atoms with Crippen LogP contribution >= 0.6 is 11.6 Å². The summed E-state index contributed by atoms with van der Waals surface area (Å²) in [7, 11) is 1.26. The fourth-order valence-corrected chi connectivity index (χ4v) is 2.12. The van der Waals surface area contributed by atoms with E-state index in [9.17, 15) is 9.59 Å². The predicted octanol–water partition coefficient (Wildman–Crippen LogP) is 2.61. The molecule has 0 saturated heterocycles. The van der Waals surface area contributed by atoms with Crippen molar-refractivity contribution >= 4 is 34.4 Å². The van der Waals surface area contributed by atoms with Gasteiger partial charge in [0.25, 0.3) is 0 Å². The van der Waals surface area contributed by atoms with Crippen molar-refractivity contribution in [1.82, 2.24) is 4.98 Å².